The van der Waals surface area contributed by atoms with Crippen molar-refractivity contribution in [2.24, 2.45) is 0 Å². The van der Waals surface area contributed by atoms with Gasteiger partial charge in [-0.1, -0.05) is 12.1 Å². The predicted octanol–water partition coefficient (Wildman–Crippen LogP) is 4.05. The van der Waals surface area contributed by atoms with Crippen LogP contribution >= 0.6 is 11.3 Å². The Balaban J connectivity index is 1.78. The molecule has 1 unspecified atom stereocenters. The average molecular weight is 373 g/mol. The quantitative estimate of drug-likeness (QED) is 0.803. The van der Waals surface area contributed by atoms with E-state index < -0.39 is 12.1 Å². The molecule has 5 nitrogen and oxygen atoms in total. The summed E-state index contributed by atoms with van der Waals surface area (Å²) >= 11 is 1.46. The first kappa shape index (κ1) is 18.5. The van der Waals surface area contributed by atoms with Gasteiger partial charge in [-0.05, 0) is 62.8 Å². The molecule has 1 atom stereocenters. The zero-order chi connectivity index (χ0) is 18.8. The maximum absolute atomic E-state index is 12.6. The number of hydrogen-bond acceptors (Lipinski definition) is 5. The van der Waals surface area contributed by atoms with Gasteiger partial charge in [-0.15, -0.1) is 11.3 Å². The summed E-state index contributed by atoms with van der Waals surface area (Å²) in [6, 6.07) is 5.76. The van der Waals surface area contributed by atoms with E-state index in [4.69, 9.17) is 9.47 Å². The Bertz CT molecular complexity index is 856. The highest BCUT2D eigenvalue weighted by Gasteiger charge is 2.29. The van der Waals surface area contributed by atoms with Crippen LogP contribution in [0.25, 0.3) is 0 Å². The number of ether oxygens (including phenoxy) is 2. The number of aryl methyl sites for hydroxylation is 2. The van der Waals surface area contributed by atoms with Gasteiger partial charge >= 0.3 is 5.97 Å². The lowest BCUT2D eigenvalue weighted by Gasteiger charge is -2.17. The summed E-state index contributed by atoms with van der Waals surface area (Å²) in [6.45, 7) is 5.67. The fourth-order valence-corrected chi connectivity index (χ4v) is 4.40. The first-order valence-corrected chi connectivity index (χ1v) is 9.50. The van der Waals surface area contributed by atoms with Gasteiger partial charge in [0.15, 0.2) is 6.10 Å². The molecular weight excluding hydrogens is 350 g/mol. The molecule has 1 aliphatic rings. The molecule has 0 spiro atoms. The molecule has 0 saturated heterocycles. The number of anilines is 1. The van der Waals surface area contributed by atoms with E-state index in [1.54, 1.807) is 6.92 Å². The molecular formula is C20H23NO4S. The molecule has 0 bridgehead atoms. The zero-order valence-electron chi connectivity index (χ0n) is 15.5. The lowest BCUT2D eigenvalue weighted by atomic mass is 10.1. The van der Waals surface area contributed by atoms with Crippen LogP contribution in [0.15, 0.2) is 18.2 Å². The topological polar surface area (TPSA) is 64.6 Å². The maximum atomic E-state index is 12.6. The summed E-state index contributed by atoms with van der Waals surface area (Å²) in [4.78, 5) is 26.0. The number of hydrogen-bond donors (Lipinski definition) is 1. The van der Waals surface area contributed by atoms with Crippen LogP contribution in [0, 0.1) is 13.8 Å². The minimum Gasteiger partial charge on any atom is -0.481 e. The first-order valence-electron chi connectivity index (χ1n) is 8.69. The van der Waals surface area contributed by atoms with Crippen molar-refractivity contribution >= 4 is 28.2 Å². The third kappa shape index (κ3) is 3.46. The second-order valence-corrected chi connectivity index (χ2v) is 7.61. The lowest BCUT2D eigenvalue weighted by molar-refractivity contribution is -0.122. The van der Waals surface area contributed by atoms with E-state index in [0.29, 0.717) is 16.3 Å². The van der Waals surface area contributed by atoms with E-state index in [-0.39, 0.29) is 5.91 Å². The molecule has 1 heterocycles. The van der Waals surface area contributed by atoms with Crippen molar-refractivity contribution < 1.29 is 19.1 Å². The molecule has 1 aromatic carbocycles. The van der Waals surface area contributed by atoms with Crippen molar-refractivity contribution in [2.45, 2.75) is 46.1 Å². The Hall–Kier alpha value is -2.34. The molecule has 6 heteroatoms. The molecule has 1 aromatic heterocycles. The monoisotopic (exact) mass is 373 g/mol. The second kappa shape index (κ2) is 7.50. The molecule has 0 saturated carbocycles. The van der Waals surface area contributed by atoms with Crippen LogP contribution in [0.4, 0.5) is 5.00 Å². The third-order valence-corrected chi connectivity index (χ3v) is 5.98. The number of esters is 1. The number of amides is 1. The number of rotatable bonds is 5. The van der Waals surface area contributed by atoms with E-state index in [1.807, 2.05) is 32.0 Å². The van der Waals surface area contributed by atoms with Crippen LogP contribution in [0.3, 0.4) is 0 Å². The standard InChI is InChI=1S/C20H23NO4S/c1-11-7-5-9-15(12(11)2)25-13(3)18(22)21-19-17(20(23)24-4)14-8-6-10-16(14)26-19/h5,7,9,13H,6,8,10H2,1-4H3,(H,21,22). The van der Waals surface area contributed by atoms with Gasteiger partial charge in [-0.25, -0.2) is 4.79 Å². The number of carbonyl (C=O) groups excluding carboxylic acids is 2. The predicted molar refractivity (Wildman–Crippen MR) is 102 cm³/mol. The maximum Gasteiger partial charge on any atom is 0.341 e. The van der Waals surface area contributed by atoms with Crippen LogP contribution in [-0.2, 0) is 22.4 Å². The van der Waals surface area contributed by atoms with Crippen molar-refractivity contribution in [3.8, 4) is 5.75 Å². The zero-order valence-corrected chi connectivity index (χ0v) is 16.3. The summed E-state index contributed by atoms with van der Waals surface area (Å²) in [5, 5.41) is 3.42. The molecule has 0 aliphatic heterocycles. The molecule has 1 aliphatic carbocycles. The molecule has 0 radical (unpaired) electrons. The van der Waals surface area contributed by atoms with Gasteiger partial charge in [0.05, 0.1) is 12.7 Å². The van der Waals surface area contributed by atoms with Gasteiger partial charge in [0.25, 0.3) is 5.91 Å². The summed E-state index contributed by atoms with van der Waals surface area (Å²) in [7, 11) is 1.36. The summed E-state index contributed by atoms with van der Waals surface area (Å²) in [6.07, 6.45) is 2.14. The van der Waals surface area contributed by atoms with E-state index in [0.717, 1.165) is 40.8 Å². The van der Waals surface area contributed by atoms with Crippen molar-refractivity contribution in [3.05, 3.63) is 45.3 Å². The van der Waals surface area contributed by atoms with Gasteiger partial charge in [0.2, 0.25) is 0 Å². The van der Waals surface area contributed by atoms with E-state index in [9.17, 15) is 9.59 Å². The molecule has 1 amide bonds. The third-order valence-electron chi connectivity index (χ3n) is 4.78. The Kier molecular flexibility index (Phi) is 5.32. The highest BCUT2D eigenvalue weighted by atomic mass is 32.1. The average Bonchev–Trinajstić information content (AvgIpc) is 3.18. The van der Waals surface area contributed by atoms with Crippen molar-refractivity contribution in [2.75, 3.05) is 12.4 Å². The normalized spacial score (nSPS) is 13.8. The van der Waals surface area contributed by atoms with Crippen molar-refractivity contribution in [3.63, 3.8) is 0 Å². The molecule has 0 fully saturated rings. The van der Waals surface area contributed by atoms with Crippen LogP contribution in [0.1, 0.15) is 45.3 Å². The van der Waals surface area contributed by atoms with Crippen molar-refractivity contribution in [1.29, 1.82) is 0 Å². The minimum absolute atomic E-state index is 0.281. The number of carbonyl (C=O) groups is 2. The number of benzene rings is 1. The van der Waals surface area contributed by atoms with E-state index in [2.05, 4.69) is 5.32 Å². The van der Waals surface area contributed by atoms with Gasteiger partial charge in [0, 0.05) is 4.88 Å². The summed E-state index contributed by atoms with van der Waals surface area (Å²) in [5.41, 5.74) is 3.63. The van der Waals surface area contributed by atoms with Gasteiger partial charge in [-0.2, -0.15) is 0 Å². The minimum atomic E-state index is -0.682. The summed E-state index contributed by atoms with van der Waals surface area (Å²) in [5.74, 6) is 0.00768. The van der Waals surface area contributed by atoms with Crippen LogP contribution in [-0.4, -0.2) is 25.1 Å². The Morgan fingerprint density at radius 3 is 2.73 bits per heavy atom. The highest BCUT2D eigenvalue weighted by Crippen LogP contribution is 2.39. The molecule has 3 rings (SSSR count). The van der Waals surface area contributed by atoms with Gasteiger partial charge < -0.3 is 14.8 Å². The fraction of sp³-hybridized carbons (Fsp3) is 0.400. The van der Waals surface area contributed by atoms with Gasteiger partial charge in [0.1, 0.15) is 10.8 Å². The van der Waals surface area contributed by atoms with Crippen LogP contribution in [0.2, 0.25) is 0 Å². The summed E-state index contributed by atoms with van der Waals surface area (Å²) < 4.78 is 10.8. The van der Waals surface area contributed by atoms with E-state index >= 15 is 0 Å². The van der Waals surface area contributed by atoms with Gasteiger partial charge in [-0.3, -0.25) is 4.79 Å². The van der Waals surface area contributed by atoms with Crippen molar-refractivity contribution in [1.82, 2.24) is 0 Å². The molecule has 26 heavy (non-hydrogen) atoms. The smallest absolute Gasteiger partial charge is 0.341 e. The number of methoxy groups -OCH3 is 1. The number of fused-ring (bicyclic) bond motifs is 1. The molecule has 138 valence electrons. The fourth-order valence-electron chi connectivity index (χ4n) is 3.12. The largest absolute Gasteiger partial charge is 0.481 e. The van der Waals surface area contributed by atoms with Crippen LogP contribution < -0.4 is 10.1 Å². The SMILES string of the molecule is COC(=O)c1c(NC(=O)C(C)Oc2cccc(C)c2C)sc2c1CCC2. The molecule has 2 aromatic rings. The first-order chi connectivity index (χ1) is 12.4. The highest BCUT2D eigenvalue weighted by molar-refractivity contribution is 7.17. The van der Waals surface area contributed by atoms with Crippen LogP contribution in [0.5, 0.6) is 5.75 Å². The Labute approximate surface area is 157 Å². The number of thiophene rings is 1. The van der Waals surface area contributed by atoms with E-state index in [1.165, 1.54) is 18.4 Å². The lowest BCUT2D eigenvalue weighted by Crippen LogP contribution is -2.30. The Morgan fingerprint density at radius 1 is 1.23 bits per heavy atom. The molecule has 1 N–H and O–H groups in total. The number of nitrogens with one attached hydrogen (secondary N) is 1. The Morgan fingerprint density at radius 2 is 2.00 bits per heavy atom. The second-order valence-electron chi connectivity index (χ2n) is 6.50.